The fraction of sp³-hybridized carbons (Fsp3) is 0.571. The van der Waals surface area contributed by atoms with Crippen LogP contribution in [0.2, 0.25) is 0 Å². The van der Waals surface area contributed by atoms with Crippen LogP contribution in [-0.4, -0.2) is 56.8 Å². The highest BCUT2D eigenvalue weighted by Gasteiger charge is 2.22. The van der Waals surface area contributed by atoms with Gasteiger partial charge >= 0.3 is 0 Å². The number of rotatable bonds is 2. The van der Waals surface area contributed by atoms with Crippen molar-refractivity contribution in [3.05, 3.63) is 18.1 Å². The van der Waals surface area contributed by atoms with Crippen molar-refractivity contribution in [2.75, 3.05) is 31.1 Å². The summed E-state index contributed by atoms with van der Waals surface area (Å²) in [4.78, 5) is 15.6. The van der Waals surface area contributed by atoms with Crippen LogP contribution in [0, 0.1) is 0 Å². The van der Waals surface area contributed by atoms with Crippen molar-refractivity contribution in [2.45, 2.75) is 26.7 Å². The number of carbonyl (C=O) groups is 1. The lowest BCUT2D eigenvalue weighted by atomic mass is 10.1. The van der Waals surface area contributed by atoms with Crippen molar-refractivity contribution in [3.63, 3.8) is 0 Å². The van der Waals surface area contributed by atoms with Crippen LogP contribution >= 0.6 is 0 Å². The molecule has 0 unspecified atom stereocenters. The summed E-state index contributed by atoms with van der Waals surface area (Å²) in [5.74, 6) is 0.480. The van der Waals surface area contributed by atoms with E-state index in [1.165, 1.54) is 0 Å². The Hall–Kier alpha value is -2.18. The van der Waals surface area contributed by atoms with Crippen LogP contribution in [0.15, 0.2) is 12.4 Å². The van der Waals surface area contributed by atoms with E-state index in [1.807, 2.05) is 4.90 Å². The fourth-order valence-electron chi connectivity index (χ4n) is 2.61. The van der Waals surface area contributed by atoms with Crippen molar-refractivity contribution in [1.29, 1.82) is 0 Å². The Bertz CT molecular complexity index is 657. The van der Waals surface area contributed by atoms with Gasteiger partial charge in [0.25, 0.3) is 0 Å². The van der Waals surface area contributed by atoms with E-state index in [0.717, 1.165) is 43.2 Å². The first-order chi connectivity index (χ1) is 10.1. The molecular formula is C14H20N6O. The number of aromatic nitrogens is 4. The minimum Gasteiger partial charge on any atom is -0.365 e. The summed E-state index contributed by atoms with van der Waals surface area (Å²) in [5.41, 5.74) is 2.84. The molecule has 7 nitrogen and oxygen atoms in total. The van der Waals surface area contributed by atoms with Crippen LogP contribution in [0.3, 0.4) is 0 Å². The standard InChI is InChI=1S/C14H20N6O/c1-10(2)12-8-13(14-16-15-9-20(14)17-12)19-6-4-18(5-7-19)11(3)21/h8-10H,4-7H2,1-3H3. The van der Waals surface area contributed by atoms with Gasteiger partial charge in [-0.2, -0.15) is 9.61 Å². The normalized spacial score (nSPS) is 16.0. The molecule has 2 aromatic heterocycles. The maximum Gasteiger partial charge on any atom is 0.219 e. The Morgan fingerprint density at radius 3 is 2.57 bits per heavy atom. The third-order valence-electron chi connectivity index (χ3n) is 3.92. The summed E-state index contributed by atoms with van der Waals surface area (Å²) in [5, 5.41) is 12.7. The monoisotopic (exact) mass is 288 g/mol. The van der Waals surface area contributed by atoms with Crippen molar-refractivity contribution in [3.8, 4) is 0 Å². The van der Waals surface area contributed by atoms with Gasteiger partial charge in [0.1, 0.15) is 6.33 Å². The van der Waals surface area contributed by atoms with E-state index in [2.05, 4.69) is 40.1 Å². The molecule has 1 saturated heterocycles. The highest BCUT2D eigenvalue weighted by atomic mass is 16.2. The average Bonchev–Trinajstić information content (AvgIpc) is 2.94. The maximum absolute atomic E-state index is 11.4. The van der Waals surface area contributed by atoms with Crippen LogP contribution in [-0.2, 0) is 4.79 Å². The van der Waals surface area contributed by atoms with Gasteiger partial charge in [0.15, 0.2) is 0 Å². The summed E-state index contributed by atoms with van der Waals surface area (Å²) in [6.07, 6.45) is 1.64. The largest absolute Gasteiger partial charge is 0.365 e. The minimum absolute atomic E-state index is 0.139. The molecule has 112 valence electrons. The number of nitrogens with zero attached hydrogens (tertiary/aromatic N) is 6. The third-order valence-corrected chi connectivity index (χ3v) is 3.92. The zero-order valence-corrected chi connectivity index (χ0v) is 12.7. The molecule has 2 aromatic rings. The van der Waals surface area contributed by atoms with Crippen molar-refractivity contribution < 1.29 is 4.79 Å². The number of hydrogen-bond donors (Lipinski definition) is 0. The lowest BCUT2D eigenvalue weighted by molar-refractivity contribution is -0.129. The number of amides is 1. The summed E-state index contributed by atoms with van der Waals surface area (Å²) < 4.78 is 1.74. The van der Waals surface area contributed by atoms with Crippen molar-refractivity contribution in [2.24, 2.45) is 0 Å². The molecule has 0 atom stereocenters. The van der Waals surface area contributed by atoms with Crippen LogP contribution in [0.25, 0.3) is 5.65 Å². The Morgan fingerprint density at radius 2 is 1.95 bits per heavy atom. The molecule has 0 N–H and O–H groups in total. The second-order valence-corrected chi connectivity index (χ2v) is 5.70. The number of carbonyl (C=O) groups excluding carboxylic acids is 1. The van der Waals surface area contributed by atoms with Gasteiger partial charge in [-0.25, -0.2) is 0 Å². The SMILES string of the molecule is CC(=O)N1CCN(c2cc(C(C)C)nn3cnnc23)CC1. The molecule has 21 heavy (non-hydrogen) atoms. The third kappa shape index (κ3) is 2.55. The molecule has 7 heteroatoms. The topological polar surface area (TPSA) is 66.6 Å². The molecule has 3 heterocycles. The van der Waals surface area contributed by atoms with Gasteiger partial charge < -0.3 is 9.80 Å². The minimum atomic E-state index is 0.139. The van der Waals surface area contributed by atoms with Gasteiger partial charge in [-0.1, -0.05) is 13.8 Å². The van der Waals surface area contributed by atoms with Crippen LogP contribution in [0.1, 0.15) is 32.4 Å². The van der Waals surface area contributed by atoms with E-state index >= 15 is 0 Å². The molecule has 0 saturated carbocycles. The van der Waals surface area contributed by atoms with E-state index in [4.69, 9.17) is 0 Å². The van der Waals surface area contributed by atoms with Gasteiger partial charge in [-0.15, -0.1) is 10.2 Å². The molecule has 0 aromatic carbocycles. The van der Waals surface area contributed by atoms with Gasteiger partial charge in [-0.3, -0.25) is 4.79 Å². The molecule has 0 bridgehead atoms. The number of hydrogen-bond acceptors (Lipinski definition) is 5. The number of piperazine rings is 1. The molecule has 3 rings (SSSR count). The predicted molar refractivity (Wildman–Crippen MR) is 79.3 cm³/mol. The Labute approximate surface area is 123 Å². The van der Waals surface area contributed by atoms with Crippen LogP contribution in [0.5, 0.6) is 0 Å². The van der Waals surface area contributed by atoms with Gasteiger partial charge in [0, 0.05) is 33.1 Å². The smallest absolute Gasteiger partial charge is 0.219 e. The first kappa shape index (κ1) is 13.8. The van der Waals surface area contributed by atoms with Crippen molar-refractivity contribution >= 4 is 17.2 Å². The molecule has 0 spiro atoms. The predicted octanol–water partition coefficient (Wildman–Crippen LogP) is 0.916. The van der Waals surface area contributed by atoms with E-state index in [0.29, 0.717) is 5.92 Å². The highest BCUT2D eigenvalue weighted by molar-refractivity contribution is 5.74. The molecule has 0 radical (unpaired) electrons. The zero-order chi connectivity index (χ0) is 15.0. The van der Waals surface area contributed by atoms with Crippen molar-refractivity contribution in [1.82, 2.24) is 24.7 Å². The fourth-order valence-corrected chi connectivity index (χ4v) is 2.61. The van der Waals surface area contributed by atoms with Crippen LogP contribution in [0.4, 0.5) is 5.69 Å². The van der Waals surface area contributed by atoms with E-state index in [1.54, 1.807) is 17.8 Å². The molecular weight excluding hydrogens is 268 g/mol. The number of fused-ring (bicyclic) bond motifs is 1. The summed E-state index contributed by atoms with van der Waals surface area (Å²) in [6.45, 7) is 8.97. The second-order valence-electron chi connectivity index (χ2n) is 5.70. The van der Waals surface area contributed by atoms with Crippen LogP contribution < -0.4 is 4.90 Å². The second kappa shape index (κ2) is 5.31. The number of anilines is 1. The Kier molecular flexibility index (Phi) is 3.48. The van der Waals surface area contributed by atoms with E-state index in [9.17, 15) is 4.79 Å². The first-order valence-corrected chi connectivity index (χ1v) is 7.27. The average molecular weight is 288 g/mol. The van der Waals surface area contributed by atoms with E-state index in [-0.39, 0.29) is 5.91 Å². The molecule has 1 aliphatic rings. The molecule has 1 amide bonds. The molecule has 1 aliphatic heterocycles. The zero-order valence-electron chi connectivity index (χ0n) is 12.7. The van der Waals surface area contributed by atoms with Gasteiger partial charge in [0.2, 0.25) is 11.6 Å². The highest BCUT2D eigenvalue weighted by Crippen LogP contribution is 2.24. The Morgan fingerprint density at radius 1 is 1.24 bits per heavy atom. The lowest BCUT2D eigenvalue weighted by Gasteiger charge is -2.35. The lowest BCUT2D eigenvalue weighted by Crippen LogP contribution is -2.48. The summed E-state index contributed by atoms with van der Waals surface area (Å²) in [7, 11) is 0. The maximum atomic E-state index is 11.4. The molecule has 0 aliphatic carbocycles. The first-order valence-electron chi connectivity index (χ1n) is 7.27. The van der Waals surface area contributed by atoms with E-state index < -0.39 is 0 Å². The molecule has 1 fully saturated rings. The quantitative estimate of drug-likeness (QED) is 0.822. The van der Waals surface area contributed by atoms with Gasteiger partial charge in [-0.05, 0) is 12.0 Å². The van der Waals surface area contributed by atoms with Gasteiger partial charge in [0.05, 0.1) is 11.4 Å². The summed E-state index contributed by atoms with van der Waals surface area (Å²) in [6, 6.07) is 2.10. The summed E-state index contributed by atoms with van der Waals surface area (Å²) >= 11 is 0. The Balaban J connectivity index is 1.93.